The SMILES string of the molecule is CC(C)(C)OC(=O)NC1CCN(C(=O)c2ccc(-c3ccc(Br)cc3)s2)CC1. The summed E-state index contributed by atoms with van der Waals surface area (Å²) in [7, 11) is 0. The summed E-state index contributed by atoms with van der Waals surface area (Å²) in [4.78, 5) is 28.4. The molecule has 2 amide bonds. The minimum atomic E-state index is -0.507. The van der Waals surface area contributed by atoms with E-state index in [9.17, 15) is 9.59 Å². The van der Waals surface area contributed by atoms with Gasteiger partial charge in [-0.2, -0.15) is 0 Å². The molecule has 0 bridgehead atoms. The molecule has 2 heterocycles. The van der Waals surface area contributed by atoms with Gasteiger partial charge in [-0.3, -0.25) is 4.79 Å². The first-order chi connectivity index (χ1) is 13.2. The van der Waals surface area contributed by atoms with Crippen LogP contribution in [-0.2, 0) is 4.74 Å². The highest BCUT2D eigenvalue weighted by atomic mass is 79.9. The van der Waals surface area contributed by atoms with Crippen LogP contribution in [0.15, 0.2) is 40.9 Å². The molecule has 3 rings (SSSR count). The minimum Gasteiger partial charge on any atom is -0.444 e. The fourth-order valence-corrected chi connectivity index (χ4v) is 4.32. The highest BCUT2D eigenvalue weighted by molar-refractivity contribution is 9.10. The molecule has 2 aromatic rings. The molecule has 0 spiro atoms. The van der Waals surface area contributed by atoms with Gasteiger partial charge in [0, 0.05) is 28.5 Å². The fourth-order valence-electron chi connectivity index (χ4n) is 3.08. The Bertz CT molecular complexity index is 834. The van der Waals surface area contributed by atoms with Crippen LogP contribution in [0.5, 0.6) is 0 Å². The van der Waals surface area contributed by atoms with Crippen molar-refractivity contribution >= 4 is 39.3 Å². The summed E-state index contributed by atoms with van der Waals surface area (Å²) in [5, 5.41) is 2.90. The zero-order chi connectivity index (χ0) is 20.3. The number of halogens is 1. The number of carbonyl (C=O) groups is 2. The van der Waals surface area contributed by atoms with Gasteiger partial charge < -0.3 is 15.0 Å². The van der Waals surface area contributed by atoms with Gasteiger partial charge >= 0.3 is 6.09 Å². The van der Waals surface area contributed by atoms with E-state index in [1.807, 2.05) is 62.1 Å². The summed E-state index contributed by atoms with van der Waals surface area (Å²) in [5.74, 6) is 0.0593. The highest BCUT2D eigenvalue weighted by Crippen LogP contribution is 2.30. The molecule has 0 unspecified atom stereocenters. The van der Waals surface area contributed by atoms with E-state index in [1.165, 1.54) is 11.3 Å². The Morgan fingerprint density at radius 2 is 1.75 bits per heavy atom. The van der Waals surface area contributed by atoms with Gasteiger partial charge in [-0.15, -0.1) is 11.3 Å². The topological polar surface area (TPSA) is 58.6 Å². The molecule has 7 heteroatoms. The summed E-state index contributed by atoms with van der Waals surface area (Å²) >= 11 is 4.96. The van der Waals surface area contributed by atoms with Crippen molar-refractivity contribution in [1.82, 2.24) is 10.2 Å². The predicted octanol–water partition coefficient (Wildman–Crippen LogP) is 5.31. The standard InChI is InChI=1S/C21H25BrN2O3S/c1-21(2,3)27-20(26)23-16-10-12-24(13-11-16)19(25)18-9-8-17(28-18)14-4-6-15(22)7-5-14/h4-9,16H,10-13H2,1-3H3,(H,23,26). The summed E-state index contributed by atoms with van der Waals surface area (Å²) < 4.78 is 6.34. The van der Waals surface area contributed by atoms with E-state index in [0.717, 1.165) is 32.6 Å². The molecular formula is C21H25BrN2O3S. The Balaban J connectivity index is 1.54. The Morgan fingerprint density at radius 1 is 1.11 bits per heavy atom. The lowest BCUT2D eigenvalue weighted by Gasteiger charge is -2.32. The molecule has 0 atom stereocenters. The first kappa shape index (κ1) is 20.9. The molecule has 5 nitrogen and oxygen atoms in total. The Hall–Kier alpha value is -1.86. The second kappa shape index (κ2) is 8.66. The molecule has 0 radical (unpaired) electrons. The molecule has 1 fully saturated rings. The van der Waals surface area contributed by atoms with Gasteiger partial charge in [-0.1, -0.05) is 28.1 Å². The monoisotopic (exact) mass is 464 g/mol. The molecule has 1 aliphatic heterocycles. The maximum absolute atomic E-state index is 12.8. The molecule has 1 N–H and O–H groups in total. The smallest absolute Gasteiger partial charge is 0.407 e. The van der Waals surface area contributed by atoms with Crippen molar-refractivity contribution in [2.45, 2.75) is 45.3 Å². The van der Waals surface area contributed by atoms with Gasteiger partial charge in [0.2, 0.25) is 0 Å². The number of benzene rings is 1. The second-order valence-electron chi connectivity index (χ2n) is 7.88. The van der Waals surface area contributed by atoms with Gasteiger partial charge in [0.05, 0.1) is 4.88 Å². The number of nitrogens with zero attached hydrogens (tertiary/aromatic N) is 1. The number of likely N-dealkylation sites (tertiary alicyclic amines) is 1. The van der Waals surface area contributed by atoms with Crippen molar-refractivity contribution in [3.05, 3.63) is 45.7 Å². The van der Waals surface area contributed by atoms with E-state index < -0.39 is 11.7 Å². The van der Waals surface area contributed by atoms with E-state index in [1.54, 1.807) is 0 Å². The van der Waals surface area contributed by atoms with E-state index >= 15 is 0 Å². The summed E-state index contributed by atoms with van der Waals surface area (Å²) in [6.07, 6.45) is 1.07. The van der Waals surface area contributed by atoms with Crippen LogP contribution in [0.2, 0.25) is 0 Å². The molecule has 28 heavy (non-hydrogen) atoms. The third-order valence-corrected chi connectivity index (χ3v) is 6.10. The van der Waals surface area contributed by atoms with Crippen molar-refractivity contribution in [3.8, 4) is 10.4 Å². The van der Waals surface area contributed by atoms with Gasteiger partial charge in [0.25, 0.3) is 5.91 Å². The summed E-state index contributed by atoms with van der Waals surface area (Å²) in [6, 6.07) is 12.0. The van der Waals surface area contributed by atoms with Crippen LogP contribution in [0, 0.1) is 0 Å². The number of amides is 2. The van der Waals surface area contributed by atoms with E-state index in [2.05, 4.69) is 21.2 Å². The van der Waals surface area contributed by atoms with E-state index in [-0.39, 0.29) is 11.9 Å². The minimum absolute atomic E-state index is 0.0422. The molecular weight excluding hydrogens is 440 g/mol. The number of rotatable bonds is 3. The molecule has 1 aliphatic rings. The van der Waals surface area contributed by atoms with E-state index in [0.29, 0.717) is 13.1 Å². The van der Waals surface area contributed by atoms with Crippen LogP contribution in [0.4, 0.5) is 4.79 Å². The molecule has 150 valence electrons. The number of carbonyl (C=O) groups excluding carboxylic acids is 2. The maximum Gasteiger partial charge on any atom is 0.407 e. The number of alkyl carbamates (subject to hydrolysis) is 1. The first-order valence-electron chi connectivity index (χ1n) is 9.36. The van der Waals surface area contributed by atoms with Crippen LogP contribution in [0.3, 0.4) is 0 Å². The molecule has 0 aliphatic carbocycles. The lowest BCUT2D eigenvalue weighted by atomic mass is 10.1. The number of hydrogen-bond donors (Lipinski definition) is 1. The Morgan fingerprint density at radius 3 is 2.36 bits per heavy atom. The molecule has 1 saturated heterocycles. The highest BCUT2D eigenvalue weighted by Gasteiger charge is 2.27. The summed E-state index contributed by atoms with van der Waals surface area (Å²) in [6.45, 7) is 6.79. The lowest BCUT2D eigenvalue weighted by Crippen LogP contribution is -2.47. The number of ether oxygens (including phenoxy) is 1. The molecule has 1 aromatic carbocycles. The largest absolute Gasteiger partial charge is 0.444 e. The maximum atomic E-state index is 12.8. The lowest BCUT2D eigenvalue weighted by molar-refractivity contribution is 0.0474. The Kier molecular flexibility index (Phi) is 6.45. The molecule has 0 saturated carbocycles. The van der Waals surface area contributed by atoms with Gasteiger partial charge in [-0.25, -0.2) is 4.79 Å². The number of piperidine rings is 1. The third-order valence-electron chi connectivity index (χ3n) is 4.45. The van der Waals surface area contributed by atoms with Crippen molar-refractivity contribution < 1.29 is 14.3 Å². The number of thiophene rings is 1. The fraction of sp³-hybridized carbons (Fsp3) is 0.429. The normalized spacial score (nSPS) is 15.4. The van der Waals surface area contributed by atoms with E-state index in [4.69, 9.17) is 4.74 Å². The average Bonchev–Trinajstić information content (AvgIpc) is 3.11. The van der Waals surface area contributed by atoms with Gasteiger partial charge in [0.15, 0.2) is 0 Å². The average molecular weight is 465 g/mol. The van der Waals surface area contributed by atoms with Gasteiger partial charge in [-0.05, 0) is 63.4 Å². The van der Waals surface area contributed by atoms with Crippen molar-refractivity contribution in [2.24, 2.45) is 0 Å². The van der Waals surface area contributed by atoms with Crippen molar-refractivity contribution in [3.63, 3.8) is 0 Å². The van der Waals surface area contributed by atoms with Crippen LogP contribution >= 0.6 is 27.3 Å². The number of hydrogen-bond acceptors (Lipinski definition) is 4. The summed E-state index contributed by atoms with van der Waals surface area (Å²) in [5.41, 5.74) is 0.597. The zero-order valence-corrected chi connectivity index (χ0v) is 18.7. The predicted molar refractivity (Wildman–Crippen MR) is 116 cm³/mol. The van der Waals surface area contributed by atoms with Crippen LogP contribution < -0.4 is 5.32 Å². The van der Waals surface area contributed by atoms with Crippen molar-refractivity contribution in [1.29, 1.82) is 0 Å². The van der Waals surface area contributed by atoms with Crippen LogP contribution in [-0.4, -0.2) is 41.6 Å². The third kappa shape index (κ3) is 5.58. The second-order valence-corrected chi connectivity index (χ2v) is 9.88. The first-order valence-corrected chi connectivity index (χ1v) is 11.0. The van der Waals surface area contributed by atoms with Gasteiger partial charge in [0.1, 0.15) is 5.60 Å². The Labute approximate surface area is 178 Å². The molecule has 1 aromatic heterocycles. The van der Waals surface area contributed by atoms with Crippen LogP contribution in [0.25, 0.3) is 10.4 Å². The number of nitrogens with one attached hydrogen (secondary N) is 1. The van der Waals surface area contributed by atoms with Crippen LogP contribution in [0.1, 0.15) is 43.3 Å². The quantitative estimate of drug-likeness (QED) is 0.669. The van der Waals surface area contributed by atoms with Crippen molar-refractivity contribution in [2.75, 3.05) is 13.1 Å². The zero-order valence-electron chi connectivity index (χ0n) is 16.3.